The van der Waals surface area contributed by atoms with E-state index in [0.29, 0.717) is 37.4 Å². The van der Waals surface area contributed by atoms with Crippen molar-refractivity contribution >= 4 is 5.91 Å². The maximum Gasteiger partial charge on any atom is 0.234 e. The number of amides is 1. The maximum absolute atomic E-state index is 14.2. The number of carbonyl (C=O) groups excluding carboxylic acids is 1. The van der Waals surface area contributed by atoms with E-state index in [4.69, 9.17) is 4.74 Å². The van der Waals surface area contributed by atoms with Crippen molar-refractivity contribution in [3.8, 4) is 11.3 Å². The first-order valence-corrected chi connectivity index (χ1v) is 10.4. The summed E-state index contributed by atoms with van der Waals surface area (Å²) >= 11 is 0. The fourth-order valence-corrected chi connectivity index (χ4v) is 3.87. The van der Waals surface area contributed by atoms with Crippen LogP contribution < -0.4 is 5.32 Å². The molecule has 2 aromatic rings. The molecule has 1 amide bonds. The SMILES string of the molecule is C[C@H]1CN(CC(=O)NCCn2nc(-c3ccccc3F)cc2CN(C)C)C[C@H](C)O1. The second-order valence-electron chi connectivity index (χ2n) is 8.26. The van der Waals surface area contributed by atoms with E-state index in [1.165, 1.54) is 6.07 Å². The lowest BCUT2D eigenvalue weighted by Gasteiger charge is -2.34. The van der Waals surface area contributed by atoms with Gasteiger partial charge < -0.3 is 15.0 Å². The Morgan fingerprint density at radius 1 is 1.27 bits per heavy atom. The zero-order chi connectivity index (χ0) is 21.7. The van der Waals surface area contributed by atoms with Gasteiger partial charge in [0.15, 0.2) is 0 Å². The van der Waals surface area contributed by atoms with E-state index in [0.717, 1.165) is 18.8 Å². The third-order valence-corrected chi connectivity index (χ3v) is 5.00. The van der Waals surface area contributed by atoms with Crippen molar-refractivity contribution < 1.29 is 13.9 Å². The van der Waals surface area contributed by atoms with Gasteiger partial charge in [-0.2, -0.15) is 5.10 Å². The molecule has 0 saturated carbocycles. The summed E-state index contributed by atoms with van der Waals surface area (Å²) in [5, 5.41) is 7.58. The number of hydrogen-bond donors (Lipinski definition) is 1. The summed E-state index contributed by atoms with van der Waals surface area (Å²) in [6.07, 6.45) is 0.270. The highest BCUT2D eigenvalue weighted by Gasteiger charge is 2.23. The molecule has 0 aliphatic carbocycles. The van der Waals surface area contributed by atoms with Crippen molar-refractivity contribution in [2.75, 3.05) is 40.3 Å². The maximum atomic E-state index is 14.2. The number of nitrogens with zero attached hydrogens (tertiary/aromatic N) is 4. The van der Waals surface area contributed by atoms with Gasteiger partial charge in [0, 0.05) is 31.7 Å². The van der Waals surface area contributed by atoms with Crippen LogP contribution in [0.3, 0.4) is 0 Å². The Kier molecular flexibility index (Phi) is 7.58. The van der Waals surface area contributed by atoms with Crippen molar-refractivity contribution in [2.45, 2.75) is 39.1 Å². The second-order valence-corrected chi connectivity index (χ2v) is 8.26. The Balaban J connectivity index is 1.60. The number of benzene rings is 1. The molecule has 0 radical (unpaired) electrons. The predicted molar refractivity (Wildman–Crippen MR) is 114 cm³/mol. The molecular formula is C22H32FN5O2. The molecule has 7 nitrogen and oxygen atoms in total. The van der Waals surface area contributed by atoms with E-state index in [-0.39, 0.29) is 23.9 Å². The van der Waals surface area contributed by atoms with Gasteiger partial charge in [-0.15, -0.1) is 0 Å². The molecule has 1 fully saturated rings. The Morgan fingerprint density at radius 2 is 1.97 bits per heavy atom. The van der Waals surface area contributed by atoms with Gasteiger partial charge >= 0.3 is 0 Å². The van der Waals surface area contributed by atoms with E-state index in [1.54, 1.807) is 18.2 Å². The standard InChI is InChI=1S/C22H32FN5O2/c1-16-12-27(13-17(2)30-16)15-22(29)24-9-10-28-18(14-26(3)4)11-21(25-28)19-7-5-6-8-20(19)23/h5-8,11,16-17H,9-10,12-15H2,1-4H3,(H,24,29)/t16-,17-/m0/s1. The molecule has 164 valence electrons. The lowest BCUT2D eigenvalue weighted by Crippen LogP contribution is -2.49. The largest absolute Gasteiger partial charge is 0.373 e. The molecule has 30 heavy (non-hydrogen) atoms. The molecule has 1 aromatic heterocycles. The van der Waals surface area contributed by atoms with Crippen LogP contribution in [-0.2, 0) is 22.6 Å². The highest BCUT2D eigenvalue weighted by atomic mass is 19.1. The molecule has 2 heterocycles. The van der Waals surface area contributed by atoms with E-state index in [9.17, 15) is 9.18 Å². The molecule has 1 aliphatic rings. The van der Waals surface area contributed by atoms with Crippen LogP contribution in [0.2, 0.25) is 0 Å². The predicted octanol–water partition coefficient (Wildman–Crippen LogP) is 1.98. The van der Waals surface area contributed by atoms with Gasteiger partial charge in [-0.1, -0.05) is 12.1 Å². The molecule has 1 N–H and O–H groups in total. The van der Waals surface area contributed by atoms with E-state index >= 15 is 0 Å². The van der Waals surface area contributed by atoms with Gasteiger partial charge in [-0.05, 0) is 46.1 Å². The summed E-state index contributed by atoms with van der Waals surface area (Å²) in [4.78, 5) is 16.5. The Bertz CT molecular complexity index is 844. The van der Waals surface area contributed by atoms with Gasteiger partial charge in [0.1, 0.15) is 5.82 Å². The van der Waals surface area contributed by atoms with Crippen LogP contribution in [0.4, 0.5) is 4.39 Å². The lowest BCUT2D eigenvalue weighted by molar-refractivity contribution is -0.126. The molecule has 1 aromatic carbocycles. The smallest absolute Gasteiger partial charge is 0.234 e. The minimum absolute atomic E-state index is 0.00746. The lowest BCUT2D eigenvalue weighted by atomic mass is 10.1. The average Bonchev–Trinajstić information content (AvgIpc) is 3.03. The first kappa shape index (κ1) is 22.4. The fourth-order valence-electron chi connectivity index (χ4n) is 3.87. The quantitative estimate of drug-likeness (QED) is 0.712. The van der Waals surface area contributed by atoms with E-state index in [1.807, 2.05) is 43.6 Å². The van der Waals surface area contributed by atoms with Crippen LogP contribution in [0.15, 0.2) is 30.3 Å². The van der Waals surface area contributed by atoms with Crippen LogP contribution >= 0.6 is 0 Å². The molecule has 2 atom stereocenters. The molecule has 0 bridgehead atoms. The number of carbonyl (C=O) groups is 1. The number of hydrogen-bond acceptors (Lipinski definition) is 5. The van der Waals surface area contributed by atoms with Crippen molar-refractivity contribution in [3.63, 3.8) is 0 Å². The average molecular weight is 418 g/mol. The van der Waals surface area contributed by atoms with Crippen LogP contribution in [-0.4, -0.2) is 78.0 Å². The van der Waals surface area contributed by atoms with Crippen molar-refractivity contribution in [1.29, 1.82) is 0 Å². The van der Waals surface area contributed by atoms with Crippen molar-refractivity contribution in [3.05, 3.63) is 41.8 Å². The Labute approximate surface area is 177 Å². The van der Waals surface area contributed by atoms with Crippen molar-refractivity contribution in [2.24, 2.45) is 0 Å². The monoisotopic (exact) mass is 417 g/mol. The molecule has 1 aliphatic heterocycles. The number of morpholine rings is 1. The van der Waals surface area contributed by atoms with Crippen LogP contribution in [0.1, 0.15) is 19.5 Å². The summed E-state index contributed by atoms with van der Waals surface area (Å²) in [6.45, 7) is 7.61. The normalized spacial score (nSPS) is 19.9. The summed E-state index contributed by atoms with van der Waals surface area (Å²) in [6, 6.07) is 8.55. The minimum atomic E-state index is -0.291. The third-order valence-electron chi connectivity index (χ3n) is 5.00. The molecule has 1 saturated heterocycles. The summed E-state index contributed by atoms with van der Waals surface area (Å²) in [5.74, 6) is -0.298. The van der Waals surface area contributed by atoms with E-state index < -0.39 is 0 Å². The van der Waals surface area contributed by atoms with Crippen LogP contribution in [0.25, 0.3) is 11.3 Å². The first-order valence-electron chi connectivity index (χ1n) is 10.4. The number of nitrogens with one attached hydrogen (secondary N) is 1. The number of aromatic nitrogens is 2. The third kappa shape index (κ3) is 6.10. The van der Waals surface area contributed by atoms with Gasteiger partial charge in [0.05, 0.1) is 36.7 Å². The molecule has 8 heteroatoms. The molecular weight excluding hydrogens is 385 g/mol. The summed E-state index contributed by atoms with van der Waals surface area (Å²) in [7, 11) is 3.96. The van der Waals surface area contributed by atoms with Gasteiger partial charge in [0.25, 0.3) is 0 Å². The Hall–Kier alpha value is -2.29. The molecule has 0 spiro atoms. The fraction of sp³-hybridized carbons (Fsp3) is 0.545. The van der Waals surface area contributed by atoms with Gasteiger partial charge in [-0.3, -0.25) is 14.4 Å². The number of ether oxygens (including phenoxy) is 1. The number of rotatable bonds is 8. The minimum Gasteiger partial charge on any atom is -0.373 e. The highest BCUT2D eigenvalue weighted by Crippen LogP contribution is 2.22. The van der Waals surface area contributed by atoms with E-state index in [2.05, 4.69) is 15.3 Å². The summed E-state index contributed by atoms with van der Waals surface area (Å²) in [5.41, 5.74) is 2.06. The Morgan fingerprint density at radius 3 is 2.63 bits per heavy atom. The zero-order valence-corrected chi connectivity index (χ0v) is 18.3. The summed E-state index contributed by atoms with van der Waals surface area (Å²) < 4.78 is 21.7. The zero-order valence-electron chi connectivity index (χ0n) is 18.3. The highest BCUT2D eigenvalue weighted by molar-refractivity contribution is 5.78. The topological polar surface area (TPSA) is 62.6 Å². The van der Waals surface area contributed by atoms with Crippen LogP contribution in [0.5, 0.6) is 0 Å². The van der Waals surface area contributed by atoms with Gasteiger partial charge in [-0.25, -0.2) is 4.39 Å². The number of halogens is 1. The first-order chi connectivity index (χ1) is 14.3. The van der Waals surface area contributed by atoms with Crippen LogP contribution in [0, 0.1) is 5.82 Å². The van der Waals surface area contributed by atoms with Crippen molar-refractivity contribution in [1.82, 2.24) is 24.9 Å². The van der Waals surface area contributed by atoms with Gasteiger partial charge in [0.2, 0.25) is 5.91 Å². The second kappa shape index (κ2) is 10.1. The molecule has 3 rings (SSSR count). The molecule has 0 unspecified atom stereocenters.